The molecule has 7 N–H and O–H groups in total. The fourth-order valence-corrected chi connectivity index (χ4v) is 8.49. The van der Waals surface area contributed by atoms with Gasteiger partial charge in [-0.3, -0.25) is 37.4 Å². The second kappa shape index (κ2) is 19.1. The van der Waals surface area contributed by atoms with E-state index in [1.165, 1.54) is 24.5 Å². The SMILES string of the molecule is Cc1cccc2[nH]c(Cn3c(=O)c4c(nc(Nc5ccnc(CCC(=O)O)n5)n4C)n(C)c3=O)cc12.Cc1cccc2[nH]c(Cn3c(=O)c4c(nc(Nc5ccnc(CCC(N)=O)n5)n4C)n(C)c3=O)cc12. The van der Waals surface area contributed by atoms with Crippen molar-refractivity contribution in [2.75, 3.05) is 10.6 Å². The summed E-state index contributed by atoms with van der Waals surface area (Å²) >= 11 is 0. The number of aryl methyl sites for hydroxylation is 8. The van der Waals surface area contributed by atoms with Crippen molar-refractivity contribution < 1.29 is 14.7 Å². The van der Waals surface area contributed by atoms with Crippen LogP contribution in [0.2, 0.25) is 0 Å². The lowest BCUT2D eigenvalue weighted by atomic mass is 10.1. The lowest BCUT2D eigenvalue weighted by molar-refractivity contribution is -0.137. The van der Waals surface area contributed by atoms with E-state index in [1.54, 1.807) is 55.7 Å². The molecule has 0 aliphatic rings. The highest BCUT2D eigenvalue weighted by molar-refractivity contribution is 5.85. The molecule has 10 aromatic rings. The highest BCUT2D eigenvalue weighted by Gasteiger charge is 2.22. The number of nitrogens with one attached hydrogen (secondary N) is 4. The van der Waals surface area contributed by atoms with E-state index >= 15 is 0 Å². The average molecular weight is 976 g/mol. The molecule has 8 aromatic heterocycles. The zero-order valence-corrected chi connectivity index (χ0v) is 40.0. The van der Waals surface area contributed by atoms with Gasteiger partial charge in [-0.2, -0.15) is 9.97 Å². The molecule has 0 spiro atoms. The van der Waals surface area contributed by atoms with Gasteiger partial charge >= 0.3 is 17.3 Å². The molecule has 0 bridgehead atoms. The van der Waals surface area contributed by atoms with Crippen LogP contribution in [0, 0.1) is 13.8 Å². The van der Waals surface area contributed by atoms with Gasteiger partial charge in [0.25, 0.3) is 11.1 Å². The number of imidazole rings is 2. The van der Waals surface area contributed by atoms with Gasteiger partial charge in [-0.15, -0.1) is 0 Å². The van der Waals surface area contributed by atoms with Crippen LogP contribution in [0.5, 0.6) is 0 Å². The number of hydrogen-bond acceptors (Lipinski definition) is 14. The van der Waals surface area contributed by atoms with Gasteiger partial charge in [-0.25, -0.2) is 29.5 Å². The molecule has 24 heteroatoms. The van der Waals surface area contributed by atoms with Crippen molar-refractivity contribution in [3.63, 3.8) is 0 Å². The van der Waals surface area contributed by atoms with Crippen LogP contribution in [0.25, 0.3) is 44.1 Å². The molecule has 0 saturated carbocycles. The Balaban J connectivity index is 0.000000178. The zero-order chi connectivity index (χ0) is 51.1. The van der Waals surface area contributed by atoms with E-state index in [9.17, 15) is 28.8 Å². The minimum atomic E-state index is -0.938. The van der Waals surface area contributed by atoms with Crippen molar-refractivity contribution in [2.24, 2.45) is 33.9 Å². The molecule has 368 valence electrons. The largest absolute Gasteiger partial charge is 0.481 e. The second-order valence-electron chi connectivity index (χ2n) is 17.3. The molecule has 0 unspecified atom stereocenters. The lowest BCUT2D eigenvalue weighted by Crippen LogP contribution is -2.39. The average Bonchev–Trinajstić information content (AvgIpc) is 4.13. The molecular formula is C48H49N17O7. The first-order valence-electron chi connectivity index (χ1n) is 22.6. The predicted octanol–water partition coefficient (Wildman–Crippen LogP) is 3.05. The van der Waals surface area contributed by atoms with Crippen LogP contribution in [0.1, 0.15) is 47.0 Å². The topological polar surface area (TPSA) is 311 Å². The maximum absolute atomic E-state index is 13.5. The van der Waals surface area contributed by atoms with Gasteiger partial charge in [0, 0.05) is 93.0 Å². The molecule has 0 aliphatic heterocycles. The number of H-pyrrole nitrogens is 2. The quantitative estimate of drug-likeness (QED) is 0.0913. The Labute approximate surface area is 406 Å². The number of carboxylic acids is 1. The highest BCUT2D eigenvalue weighted by atomic mass is 16.4. The zero-order valence-electron chi connectivity index (χ0n) is 40.0. The molecule has 0 radical (unpaired) electrons. The van der Waals surface area contributed by atoms with Crippen LogP contribution < -0.4 is 38.9 Å². The molecule has 0 atom stereocenters. The number of carboxylic acid groups (broad SMARTS) is 1. The van der Waals surface area contributed by atoms with E-state index in [1.807, 2.05) is 62.4 Å². The van der Waals surface area contributed by atoms with Gasteiger partial charge < -0.3 is 40.6 Å². The molecule has 0 aliphatic carbocycles. The summed E-state index contributed by atoms with van der Waals surface area (Å²) in [6.07, 6.45) is 3.60. The summed E-state index contributed by atoms with van der Waals surface area (Å²) in [5, 5.41) is 17.1. The number of nitrogens with zero attached hydrogens (tertiary/aromatic N) is 12. The van der Waals surface area contributed by atoms with E-state index in [0.29, 0.717) is 41.6 Å². The number of carbonyl (C=O) groups is 2. The number of carbonyl (C=O) groups excluding carboxylic acids is 1. The Morgan fingerprint density at radius 2 is 1.04 bits per heavy atom. The predicted molar refractivity (Wildman–Crippen MR) is 269 cm³/mol. The number of aromatic nitrogens is 14. The maximum atomic E-state index is 13.5. The molecule has 10 rings (SSSR count). The Morgan fingerprint density at radius 3 is 1.44 bits per heavy atom. The Hall–Kier alpha value is -9.48. The Kier molecular flexibility index (Phi) is 12.6. The van der Waals surface area contributed by atoms with Crippen molar-refractivity contribution in [3.05, 3.63) is 149 Å². The maximum Gasteiger partial charge on any atom is 0.332 e. The highest BCUT2D eigenvalue weighted by Crippen LogP contribution is 2.23. The number of rotatable bonds is 14. The molecule has 8 heterocycles. The number of hydrogen-bond donors (Lipinski definition) is 6. The summed E-state index contributed by atoms with van der Waals surface area (Å²) < 4.78 is 8.24. The van der Waals surface area contributed by atoms with Crippen LogP contribution in [0.15, 0.2) is 92.2 Å². The van der Waals surface area contributed by atoms with E-state index in [2.05, 4.69) is 50.5 Å². The van der Waals surface area contributed by atoms with Crippen molar-refractivity contribution in [2.45, 2.75) is 52.6 Å². The van der Waals surface area contributed by atoms with Crippen LogP contribution >= 0.6 is 0 Å². The first-order chi connectivity index (χ1) is 34.4. The van der Waals surface area contributed by atoms with Crippen LogP contribution in [0.3, 0.4) is 0 Å². The number of primary amides is 1. The normalized spacial score (nSPS) is 11.4. The molecular weight excluding hydrogens is 927 g/mol. The summed E-state index contributed by atoms with van der Waals surface area (Å²) in [5.41, 5.74) is 9.96. The summed E-state index contributed by atoms with van der Waals surface area (Å²) in [7, 11) is 6.52. The van der Waals surface area contributed by atoms with Gasteiger partial charge in [0.15, 0.2) is 22.3 Å². The van der Waals surface area contributed by atoms with Crippen LogP contribution in [-0.2, 0) is 63.7 Å². The number of aromatic amines is 2. The van der Waals surface area contributed by atoms with Crippen LogP contribution in [0.4, 0.5) is 23.5 Å². The third kappa shape index (κ3) is 9.22. The molecule has 0 saturated heterocycles. The standard InChI is InChI=1S/C24H25N9O3.C24H24N8O4/c1-13-5-4-6-16-15(13)11-14(27-16)12-33-22(35)20-21(32(3)24(33)36)30-23(31(20)2)29-19-9-10-26-18(28-19)8-7-17(25)34;1-13-5-4-6-16-15(13)11-14(26-16)12-32-22(35)20-21(31(3)24(32)36)29-23(30(20)2)28-18-9-10-25-17(27-18)7-8-19(33)34/h4-6,9-11,27H,7-8,12H2,1-3H3,(H2,25,34)(H,26,28,29,30);4-6,9-11,26H,7-8,12H2,1-3H3,(H,33,34)(H,25,27,28,29). The van der Waals surface area contributed by atoms with Gasteiger partial charge in [-0.05, 0) is 61.4 Å². The fourth-order valence-electron chi connectivity index (χ4n) is 8.49. The monoisotopic (exact) mass is 975 g/mol. The number of benzene rings is 2. The molecule has 1 amide bonds. The summed E-state index contributed by atoms with van der Waals surface area (Å²) in [6.45, 7) is 4.20. The first kappa shape index (κ1) is 47.6. The summed E-state index contributed by atoms with van der Waals surface area (Å²) in [5.74, 6) is 0.892. The Morgan fingerprint density at radius 1 is 0.611 bits per heavy atom. The number of nitrogens with two attached hydrogens (primary N) is 1. The minimum absolute atomic E-state index is 0.0857. The second-order valence-corrected chi connectivity index (χ2v) is 17.3. The number of amides is 1. The van der Waals surface area contributed by atoms with E-state index in [0.717, 1.165) is 44.3 Å². The molecule has 24 nitrogen and oxygen atoms in total. The van der Waals surface area contributed by atoms with Crippen molar-refractivity contribution in [1.29, 1.82) is 0 Å². The molecule has 0 fully saturated rings. The van der Waals surface area contributed by atoms with Crippen molar-refractivity contribution in [3.8, 4) is 0 Å². The van der Waals surface area contributed by atoms with E-state index in [4.69, 9.17) is 10.8 Å². The fraction of sp³-hybridized carbons (Fsp3) is 0.250. The number of anilines is 4. The molecule has 72 heavy (non-hydrogen) atoms. The van der Waals surface area contributed by atoms with Gasteiger partial charge in [0.1, 0.15) is 23.3 Å². The summed E-state index contributed by atoms with van der Waals surface area (Å²) in [6, 6.07) is 19.0. The molecule has 2 aromatic carbocycles. The third-order valence-electron chi connectivity index (χ3n) is 12.3. The van der Waals surface area contributed by atoms with Gasteiger partial charge in [0.2, 0.25) is 17.8 Å². The lowest BCUT2D eigenvalue weighted by Gasteiger charge is -2.08. The number of fused-ring (bicyclic) bond motifs is 4. The van der Waals surface area contributed by atoms with E-state index in [-0.39, 0.29) is 54.7 Å². The third-order valence-corrected chi connectivity index (χ3v) is 12.3. The smallest absolute Gasteiger partial charge is 0.332 e. The first-order valence-corrected chi connectivity index (χ1v) is 22.6. The van der Waals surface area contributed by atoms with E-state index < -0.39 is 34.4 Å². The number of aliphatic carboxylic acids is 1. The minimum Gasteiger partial charge on any atom is -0.481 e. The Bertz CT molecular complexity index is 3770. The van der Waals surface area contributed by atoms with Gasteiger partial charge in [0.05, 0.1) is 19.5 Å². The van der Waals surface area contributed by atoms with Crippen LogP contribution in [-0.4, -0.2) is 84.3 Å². The summed E-state index contributed by atoms with van der Waals surface area (Å²) in [4.78, 5) is 108. The van der Waals surface area contributed by atoms with Crippen molar-refractivity contribution in [1.82, 2.24) is 67.3 Å². The van der Waals surface area contributed by atoms with Gasteiger partial charge in [-0.1, -0.05) is 24.3 Å². The van der Waals surface area contributed by atoms with Crippen molar-refractivity contribution >= 4 is 79.5 Å².